The second-order valence-electron chi connectivity index (χ2n) is 5.25. The number of aryl methyl sites for hydroxylation is 1. The molecule has 0 spiro atoms. The van der Waals surface area contributed by atoms with Crippen molar-refractivity contribution < 1.29 is 22.5 Å². The number of benzene rings is 1. The van der Waals surface area contributed by atoms with Gasteiger partial charge in [-0.05, 0) is 31.2 Å². The average molecular weight is 363 g/mol. The van der Waals surface area contributed by atoms with Crippen molar-refractivity contribution >= 4 is 23.4 Å². The molecule has 0 aliphatic rings. The fourth-order valence-corrected chi connectivity index (χ4v) is 2.05. The lowest BCUT2D eigenvalue weighted by Crippen LogP contribution is -2.15. The smallest absolute Gasteiger partial charge is 0.360 e. The molecule has 2 aromatic heterocycles. The normalized spacial score (nSPS) is 11.2. The Bertz CT molecular complexity index is 939. The van der Waals surface area contributed by atoms with Crippen LogP contribution in [0.25, 0.3) is 0 Å². The third-order valence-corrected chi connectivity index (χ3v) is 3.20. The average Bonchev–Trinajstić information content (AvgIpc) is 2.99. The lowest BCUT2D eigenvalue weighted by Gasteiger charge is -2.10. The van der Waals surface area contributed by atoms with Crippen LogP contribution in [0.5, 0.6) is 0 Å². The number of aromatic nitrogens is 3. The Labute approximate surface area is 145 Å². The standard InChI is InChI=1S/C16H12F3N5O2/c1-9-7-13(24-26-9)23-14(25)12-5-6-20-15(22-12)21-11-4-2-3-10(8-11)16(17,18)19/h2-8H,1H3,(H,20,21,22)(H,23,24,25). The summed E-state index contributed by atoms with van der Waals surface area (Å²) in [5, 5.41) is 8.76. The molecule has 0 saturated heterocycles. The van der Waals surface area contributed by atoms with Gasteiger partial charge in [0.05, 0.1) is 5.56 Å². The van der Waals surface area contributed by atoms with Crippen molar-refractivity contribution in [3.8, 4) is 0 Å². The van der Waals surface area contributed by atoms with Crippen LogP contribution in [-0.4, -0.2) is 21.0 Å². The molecule has 0 fully saturated rings. The maximum Gasteiger partial charge on any atom is 0.416 e. The van der Waals surface area contributed by atoms with Crippen LogP contribution < -0.4 is 10.6 Å². The van der Waals surface area contributed by atoms with E-state index in [9.17, 15) is 18.0 Å². The number of rotatable bonds is 4. The number of anilines is 3. The first-order valence-electron chi connectivity index (χ1n) is 7.33. The Kier molecular flexibility index (Phi) is 4.57. The minimum absolute atomic E-state index is 0.00938. The van der Waals surface area contributed by atoms with Gasteiger partial charge in [-0.3, -0.25) is 4.79 Å². The molecule has 10 heteroatoms. The molecule has 0 unspecified atom stereocenters. The topological polar surface area (TPSA) is 92.9 Å². The monoisotopic (exact) mass is 363 g/mol. The van der Waals surface area contributed by atoms with E-state index >= 15 is 0 Å². The summed E-state index contributed by atoms with van der Waals surface area (Å²) in [6, 6.07) is 7.46. The van der Waals surface area contributed by atoms with Crippen molar-refractivity contribution in [2.45, 2.75) is 13.1 Å². The quantitative estimate of drug-likeness (QED) is 0.733. The molecule has 2 N–H and O–H groups in total. The maximum atomic E-state index is 12.8. The molecule has 1 amide bonds. The van der Waals surface area contributed by atoms with Gasteiger partial charge in [0.15, 0.2) is 5.82 Å². The van der Waals surface area contributed by atoms with Crippen LogP contribution >= 0.6 is 0 Å². The van der Waals surface area contributed by atoms with Crippen LogP contribution in [0.1, 0.15) is 21.8 Å². The Morgan fingerprint density at radius 1 is 1.19 bits per heavy atom. The number of carbonyl (C=O) groups is 1. The molecule has 134 valence electrons. The van der Waals surface area contributed by atoms with Crippen molar-refractivity contribution in [1.82, 2.24) is 15.1 Å². The van der Waals surface area contributed by atoms with Crippen molar-refractivity contribution in [3.63, 3.8) is 0 Å². The van der Waals surface area contributed by atoms with Crippen LogP contribution in [0, 0.1) is 6.92 Å². The third-order valence-electron chi connectivity index (χ3n) is 3.20. The van der Waals surface area contributed by atoms with E-state index in [1.54, 1.807) is 6.92 Å². The molecule has 1 aromatic carbocycles. The minimum Gasteiger partial charge on any atom is -0.360 e. The van der Waals surface area contributed by atoms with Gasteiger partial charge in [-0.1, -0.05) is 11.2 Å². The summed E-state index contributed by atoms with van der Waals surface area (Å²) < 4.78 is 43.1. The fourth-order valence-electron chi connectivity index (χ4n) is 2.05. The molecule has 7 nitrogen and oxygen atoms in total. The van der Waals surface area contributed by atoms with E-state index in [0.29, 0.717) is 5.76 Å². The first-order chi connectivity index (χ1) is 12.3. The SMILES string of the molecule is Cc1cc(NC(=O)c2ccnc(Nc3cccc(C(F)(F)F)c3)n2)no1. The van der Waals surface area contributed by atoms with Crippen molar-refractivity contribution in [2.75, 3.05) is 10.6 Å². The Hall–Kier alpha value is -3.43. The molecule has 0 radical (unpaired) electrons. The van der Waals surface area contributed by atoms with Crippen LogP contribution in [-0.2, 0) is 6.18 Å². The van der Waals surface area contributed by atoms with E-state index in [0.717, 1.165) is 12.1 Å². The third kappa shape index (κ3) is 4.15. The van der Waals surface area contributed by atoms with Gasteiger partial charge in [-0.2, -0.15) is 13.2 Å². The molecule has 0 bridgehead atoms. The van der Waals surface area contributed by atoms with Crippen molar-refractivity contribution in [2.24, 2.45) is 0 Å². The minimum atomic E-state index is -4.46. The first-order valence-corrected chi connectivity index (χ1v) is 7.33. The summed E-state index contributed by atoms with van der Waals surface area (Å²) >= 11 is 0. The zero-order valence-corrected chi connectivity index (χ0v) is 13.3. The summed E-state index contributed by atoms with van der Waals surface area (Å²) in [5.74, 6) is 0.162. The van der Waals surface area contributed by atoms with Crippen molar-refractivity contribution in [3.05, 3.63) is 59.6 Å². The Morgan fingerprint density at radius 3 is 2.69 bits per heavy atom. The molecule has 26 heavy (non-hydrogen) atoms. The summed E-state index contributed by atoms with van der Waals surface area (Å²) in [5.41, 5.74) is -0.655. The lowest BCUT2D eigenvalue weighted by atomic mass is 10.2. The molecule has 0 atom stereocenters. The summed E-state index contributed by atoms with van der Waals surface area (Å²) in [7, 11) is 0. The number of hydrogen-bond donors (Lipinski definition) is 2. The van der Waals surface area contributed by atoms with Gasteiger partial charge in [-0.25, -0.2) is 9.97 Å². The second-order valence-corrected chi connectivity index (χ2v) is 5.25. The second kappa shape index (κ2) is 6.82. The molecular weight excluding hydrogens is 351 g/mol. The number of alkyl halides is 3. The van der Waals surface area contributed by atoms with Crippen molar-refractivity contribution in [1.29, 1.82) is 0 Å². The Morgan fingerprint density at radius 2 is 2.00 bits per heavy atom. The molecule has 3 rings (SSSR count). The van der Waals surface area contributed by atoms with Gasteiger partial charge in [0.2, 0.25) is 5.95 Å². The van der Waals surface area contributed by atoms with Gasteiger partial charge in [0.25, 0.3) is 5.91 Å². The Balaban J connectivity index is 1.76. The molecule has 0 aliphatic heterocycles. The molecule has 0 aliphatic carbocycles. The number of hydrogen-bond acceptors (Lipinski definition) is 6. The van der Waals surface area contributed by atoms with Gasteiger partial charge in [0.1, 0.15) is 11.5 Å². The van der Waals surface area contributed by atoms with Gasteiger partial charge in [-0.15, -0.1) is 0 Å². The summed E-state index contributed by atoms with van der Waals surface area (Å²) in [6.45, 7) is 1.67. The zero-order valence-electron chi connectivity index (χ0n) is 13.3. The summed E-state index contributed by atoms with van der Waals surface area (Å²) in [6.07, 6.45) is -3.15. The molecule has 0 saturated carbocycles. The van der Waals surface area contributed by atoms with E-state index in [1.165, 1.54) is 30.5 Å². The molecule has 2 heterocycles. The highest BCUT2D eigenvalue weighted by Gasteiger charge is 2.30. The van der Waals surface area contributed by atoms with E-state index in [4.69, 9.17) is 4.52 Å². The number of carbonyl (C=O) groups excluding carboxylic acids is 1. The van der Waals surface area contributed by atoms with E-state index in [-0.39, 0.29) is 23.1 Å². The van der Waals surface area contributed by atoms with Gasteiger partial charge in [0, 0.05) is 18.0 Å². The van der Waals surface area contributed by atoms with Gasteiger partial charge < -0.3 is 15.2 Å². The highest BCUT2D eigenvalue weighted by molar-refractivity contribution is 6.02. The van der Waals surface area contributed by atoms with Crippen LogP contribution in [0.15, 0.2) is 47.1 Å². The fraction of sp³-hybridized carbons (Fsp3) is 0.125. The first kappa shape index (κ1) is 17.4. The summed E-state index contributed by atoms with van der Waals surface area (Å²) in [4.78, 5) is 20.0. The number of nitrogens with zero attached hydrogens (tertiary/aromatic N) is 3. The molecular formula is C16H12F3N5O2. The van der Waals surface area contributed by atoms with E-state index in [2.05, 4.69) is 25.8 Å². The van der Waals surface area contributed by atoms with Crippen LogP contribution in [0.3, 0.4) is 0 Å². The number of halogens is 3. The molecule has 3 aromatic rings. The lowest BCUT2D eigenvalue weighted by molar-refractivity contribution is -0.137. The van der Waals surface area contributed by atoms with E-state index < -0.39 is 17.6 Å². The predicted octanol–water partition coefficient (Wildman–Crippen LogP) is 3.79. The van der Waals surface area contributed by atoms with Crippen LogP contribution in [0.2, 0.25) is 0 Å². The highest BCUT2D eigenvalue weighted by atomic mass is 19.4. The number of nitrogens with one attached hydrogen (secondary N) is 2. The largest absolute Gasteiger partial charge is 0.416 e. The maximum absolute atomic E-state index is 12.8. The number of amides is 1. The van der Waals surface area contributed by atoms with Gasteiger partial charge >= 0.3 is 6.18 Å². The highest BCUT2D eigenvalue weighted by Crippen LogP contribution is 2.31. The van der Waals surface area contributed by atoms with Crippen LogP contribution in [0.4, 0.5) is 30.6 Å². The predicted molar refractivity (Wildman–Crippen MR) is 86.0 cm³/mol. The zero-order chi connectivity index (χ0) is 18.7. The van der Waals surface area contributed by atoms with E-state index in [1.807, 2.05) is 0 Å².